The Morgan fingerprint density at radius 2 is 1.65 bits per heavy atom. The molecule has 2 amide bonds. The van der Waals surface area contributed by atoms with Crippen molar-refractivity contribution in [2.45, 2.75) is 11.4 Å². The molecule has 0 aliphatic carbocycles. The minimum Gasteiger partial charge on any atom is -0.296 e. The quantitative estimate of drug-likeness (QED) is 0.624. The van der Waals surface area contributed by atoms with E-state index in [-0.39, 0.29) is 16.0 Å². The smallest absolute Gasteiger partial charge is 0.258 e. The molecule has 8 nitrogen and oxygen atoms in total. The van der Waals surface area contributed by atoms with Gasteiger partial charge in [0, 0.05) is 44.3 Å². The molecule has 0 atom stereocenters. The van der Waals surface area contributed by atoms with Gasteiger partial charge in [0.1, 0.15) is 0 Å². The van der Waals surface area contributed by atoms with Crippen molar-refractivity contribution in [3.05, 3.63) is 71.4 Å². The average molecular weight is 436 g/mol. The first-order valence-corrected chi connectivity index (χ1v) is 11.4. The molecule has 0 saturated carbocycles. The first-order valence-electron chi connectivity index (χ1n) is 9.98. The molecule has 1 N–H and O–H groups in total. The van der Waals surface area contributed by atoms with Crippen LogP contribution in [0.1, 0.15) is 26.3 Å². The zero-order chi connectivity index (χ0) is 21.6. The summed E-state index contributed by atoms with van der Waals surface area (Å²) in [6, 6.07) is 14.1. The third kappa shape index (κ3) is 3.50. The summed E-state index contributed by atoms with van der Waals surface area (Å²) in [5.74, 6) is -1.06. The Balaban J connectivity index is 1.31. The van der Waals surface area contributed by atoms with Gasteiger partial charge in [-0.1, -0.05) is 24.3 Å². The van der Waals surface area contributed by atoms with E-state index in [1.165, 1.54) is 22.5 Å². The van der Waals surface area contributed by atoms with Gasteiger partial charge in [-0.3, -0.25) is 24.8 Å². The number of hydrogen-bond acceptors (Lipinski definition) is 6. The highest BCUT2D eigenvalue weighted by Crippen LogP contribution is 2.24. The molecule has 0 bridgehead atoms. The van der Waals surface area contributed by atoms with E-state index >= 15 is 0 Å². The average Bonchev–Trinajstić information content (AvgIpc) is 3.07. The lowest BCUT2D eigenvalue weighted by atomic mass is 10.1. The van der Waals surface area contributed by atoms with Crippen molar-refractivity contribution in [1.29, 1.82) is 0 Å². The summed E-state index contributed by atoms with van der Waals surface area (Å²) in [7, 11) is -3.75. The monoisotopic (exact) mass is 436 g/mol. The van der Waals surface area contributed by atoms with E-state index in [2.05, 4.69) is 21.3 Å². The zero-order valence-corrected chi connectivity index (χ0v) is 17.4. The fourth-order valence-electron chi connectivity index (χ4n) is 4.12. The Bertz CT molecular complexity index is 1310. The third-order valence-electron chi connectivity index (χ3n) is 5.79. The predicted molar refractivity (Wildman–Crippen MR) is 114 cm³/mol. The van der Waals surface area contributed by atoms with E-state index in [4.69, 9.17) is 0 Å². The van der Waals surface area contributed by atoms with Crippen LogP contribution in [0.5, 0.6) is 0 Å². The van der Waals surface area contributed by atoms with Gasteiger partial charge in [-0.2, -0.15) is 4.31 Å². The van der Waals surface area contributed by atoms with Crippen LogP contribution in [0.15, 0.2) is 59.6 Å². The van der Waals surface area contributed by atoms with Gasteiger partial charge in [0.15, 0.2) is 0 Å². The van der Waals surface area contributed by atoms with Crippen LogP contribution in [0, 0.1) is 0 Å². The van der Waals surface area contributed by atoms with Gasteiger partial charge >= 0.3 is 0 Å². The number of para-hydroxylation sites is 1. The number of nitrogens with zero attached hydrogens (tertiary/aromatic N) is 3. The lowest BCUT2D eigenvalue weighted by molar-refractivity contribution is 0.0879. The first kappa shape index (κ1) is 19.8. The summed E-state index contributed by atoms with van der Waals surface area (Å²) in [6.45, 7) is 2.58. The standard InChI is InChI=1S/C22H20N4O4S/c27-21-18-7-6-17(13-19(18)22(28)24-21)31(29,30)26-11-9-25(10-12-26)14-16-4-1-3-15-5-2-8-23-20(15)16/h1-8,13H,9-12,14H2,(H,24,27,28). The minimum absolute atomic E-state index is 0.0304. The van der Waals surface area contributed by atoms with Gasteiger partial charge in [0.25, 0.3) is 11.8 Å². The summed E-state index contributed by atoms with van der Waals surface area (Å²) in [5, 5.41) is 3.27. The molecule has 31 heavy (non-hydrogen) atoms. The van der Waals surface area contributed by atoms with Crippen LogP contribution in [0.3, 0.4) is 0 Å². The number of benzene rings is 2. The van der Waals surface area contributed by atoms with Crippen molar-refractivity contribution >= 4 is 32.7 Å². The molecular formula is C22H20N4O4S. The Labute approximate surface area is 179 Å². The summed E-state index contributed by atoms with van der Waals surface area (Å²) in [4.78, 5) is 30.3. The van der Waals surface area contributed by atoms with Crippen molar-refractivity contribution in [2.75, 3.05) is 26.2 Å². The first-order chi connectivity index (χ1) is 14.9. The number of carbonyl (C=O) groups excluding carboxylic acids is 2. The lowest BCUT2D eigenvalue weighted by Crippen LogP contribution is -2.48. The summed E-state index contributed by atoms with van der Waals surface area (Å²) in [5.41, 5.74) is 2.39. The zero-order valence-electron chi connectivity index (χ0n) is 16.6. The lowest BCUT2D eigenvalue weighted by Gasteiger charge is -2.34. The second kappa shape index (κ2) is 7.52. The predicted octanol–water partition coefficient (Wildman–Crippen LogP) is 1.62. The number of pyridine rings is 1. The van der Waals surface area contributed by atoms with E-state index in [1.54, 1.807) is 6.20 Å². The Kier molecular flexibility index (Phi) is 4.81. The highest BCUT2D eigenvalue weighted by Gasteiger charge is 2.32. The summed E-state index contributed by atoms with van der Waals surface area (Å²) in [6.07, 6.45) is 1.78. The molecule has 3 aromatic rings. The maximum atomic E-state index is 13.1. The highest BCUT2D eigenvalue weighted by molar-refractivity contribution is 7.89. The van der Waals surface area contributed by atoms with Crippen molar-refractivity contribution < 1.29 is 18.0 Å². The van der Waals surface area contributed by atoms with Gasteiger partial charge in [0.05, 0.1) is 21.5 Å². The maximum Gasteiger partial charge on any atom is 0.258 e. The molecule has 3 heterocycles. The molecule has 1 fully saturated rings. The fourth-order valence-corrected chi connectivity index (χ4v) is 5.57. The van der Waals surface area contributed by atoms with Gasteiger partial charge in [-0.25, -0.2) is 8.42 Å². The normalized spacial score (nSPS) is 17.7. The molecule has 0 radical (unpaired) electrons. The Hall–Kier alpha value is -3.14. The molecule has 5 rings (SSSR count). The van der Waals surface area contributed by atoms with E-state index in [9.17, 15) is 18.0 Å². The van der Waals surface area contributed by atoms with Crippen LogP contribution in [0.4, 0.5) is 0 Å². The number of piperazine rings is 1. The molecule has 9 heteroatoms. The van der Waals surface area contributed by atoms with E-state index in [0.717, 1.165) is 16.5 Å². The molecule has 0 unspecified atom stereocenters. The van der Waals surface area contributed by atoms with Gasteiger partial charge < -0.3 is 0 Å². The number of amides is 2. The van der Waals surface area contributed by atoms with Crippen molar-refractivity contribution in [3.63, 3.8) is 0 Å². The van der Waals surface area contributed by atoms with Crippen molar-refractivity contribution in [1.82, 2.24) is 19.5 Å². The van der Waals surface area contributed by atoms with Gasteiger partial charge in [-0.15, -0.1) is 0 Å². The number of hydrogen-bond donors (Lipinski definition) is 1. The number of nitrogens with one attached hydrogen (secondary N) is 1. The van der Waals surface area contributed by atoms with E-state index in [0.29, 0.717) is 32.7 Å². The molecule has 2 aliphatic rings. The van der Waals surface area contributed by atoms with Crippen LogP contribution in [-0.2, 0) is 16.6 Å². The van der Waals surface area contributed by atoms with Crippen LogP contribution >= 0.6 is 0 Å². The minimum atomic E-state index is -3.75. The number of aromatic nitrogens is 1. The topological polar surface area (TPSA) is 99.7 Å². The molecule has 1 saturated heterocycles. The van der Waals surface area contributed by atoms with E-state index in [1.807, 2.05) is 24.3 Å². The number of carbonyl (C=O) groups is 2. The van der Waals surface area contributed by atoms with Crippen molar-refractivity contribution in [2.24, 2.45) is 0 Å². The molecular weight excluding hydrogens is 416 g/mol. The number of sulfonamides is 1. The van der Waals surface area contributed by atoms with Crippen LogP contribution < -0.4 is 5.32 Å². The Morgan fingerprint density at radius 1 is 0.903 bits per heavy atom. The van der Waals surface area contributed by atoms with E-state index < -0.39 is 21.8 Å². The fraction of sp³-hybridized carbons (Fsp3) is 0.227. The number of rotatable bonds is 4. The summed E-state index contributed by atoms with van der Waals surface area (Å²) < 4.78 is 27.6. The molecule has 2 aliphatic heterocycles. The summed E-state index contributed by atoms with van der Waals surface area (Å²) >= 11 is 0. The molecule has 158 valence electrons. The molecule has 1 aromatic heterocycles. The number of imide groups is 1. The molecule has 2 aromatic carbocycles. The second-order valence-electron chi connectivity index (χ2n) is 7.66. The maximum absolute atomic E-state index is 13.1. The molecule has 0 spiro atoms. The Morgan fingerprint density at radius 3 is 2.45 bits per heavy atom. The van der Waals surface area contributed by atoms with Crippen molar-refractivity contribution in [3.8, 4) is 0 Å². The SMILES string of the molecule is O=C1NC(=O)c2cc(S(=O)(=O)N3CCN(Cc4cccc5cccnc45)CC3)ccc21. The second-order valence-corrected chi connectivity index (χ2v) is 9.60. The van der Waals surface area contributed by atoms with Gasteiger partial charge in [-0.05, 0) is 29.8 Å². The van der Waals surface area contributed by atoms with Crippen LogP contribution in [-0.4, -0.2) is 60.6 Å². The third-order valence-corrected chi connectivity index (χ3v) is 7.68. The van der Waals surface area contributed by atoms with Crippen LogP contribution in [0.25, 0.3) is 10.9 Å². The van der Waals surface area contributed by atoms with Crippen LogP contribution in [0.2, 0.25) is 0 Å². The highest BCUT2D eigenvalue weighted by atomic mass is 32.2. The largest absolute Gasteiger partial charge is 0.296 e. The number of fused-ring (bicyclic) bond motifs is 2. The van der Waals surface area contributed by atoms with Gasteiger partial charge in [0.2, 0.25) is 10.0 Å².